The molecule has 0 fully saturated rings. The lowest BCUT2D eigenvalue weighted by atomic mass is 10.1. The highest BCUT2D eigenvalue weighted by Crippen LogP contribution is 2.28. The molecule has 5 heteroatoms. The number of benzene rings is 2. The number of carbonyl (C=O) groups excluding carboxylic acids is 1. The lowest BCUT2D eigenvalue weighted by Gasteiger charge is -2.10. The van der Waals surface area contributed by atoms with Gasteiger partial charge in [0, 0.05) is 22.5 Å². The first-order chi connectivity index (χ1) is 11.1. The van der Waals surface area contributed by atoms with Crippen molar-refractivity contribution in [2.24, 2.45) is 0 Å². The topological polar surface area (TPSA) is 46.6 Å². The zero-order valence-electron chi connectivity index (χ0n) is 12.5. The van der Waals surface area contributed by atoms with Gasteiger partial charge in [-0.3, -0.25) is 5.32 Å². The highest BCUT2D eigenvalue weighted by Gasteiger charge is 2.17. The number of primary amides is 1. The van der Waals surface area contributed by atoms with E-state index in [1.807, 2.05) is 37.3 Å². The average molecular weight is 346 g/mol. The third kappa shape index (κ3) is 3.37. The van der Waals surface area contributed by atoms with Gasteiger partial charge in [0.15, 0.2) is 0 Å². The number of fused-ring (bicyclic) bond motifs is 1. The molecule has 1 amide bonds. The number of hydrogen-bond donors (Lipinski definition) is 1. The normalized spacial score (nSPS) is 12.3. The molecule has 23 heavy (non-hydrogen) atoms. The molecule has 0 radical (unpaired) electrons. The van der Waals surface area contributed by atoms with Crippen molar-refractivity contribution < 1.29 is 10.1 Å². The molecule has 2 aromatic carbocycles. The predicted octanol–water partition coefficient (Wildman–Crippen LogP) is 4.01. The number of nitrogens with zero attached hydrogens (tertiary/aromatic N) is 1. The highest BCUT2D eigenvalue weighted by atomic mass is 35.5. The van der Waals surface area contributed by atoms with Gasteiger partial charge in [-0.05, 0) is 19.1 Å². The fourth-order valence-corrected chi connectivity index (χ4v) is 2.92. The molecule has 3 nitrogen and oxygen atoms in total. The van der Waals surface area contributed by atoms with Gasteiger partial charge in [0.05, 0.1) is 10.6 Å². The molecule has 0 aliphatic heterocycles. The van der Waals surface area contributed by atoms with Gasteiger partial charge in [0.1, 0.15) is 11.2 Å². The summed E-state index contributed by atoms with van der Waals surface area (Å²) >= 11 is 12.2. The second-order valence-electron chi connectivity index (χ2n) is 5.39. The van der Waals surface area contributed by atoms with E-state index in [2.05, 4.69) is 4.98 Å². The Kier molecular flexibility index (Phi) is 4.62. The summed E-state index contributed by atoms with van der Waals surface area (Å²) in [6.07, 6.45) is 1.51. The van der Waals surface area contributed by atoms with Crippen molar-refractivity contribution in [3.05, 3.63) is 76.0 Å². The molecule has 1 aromatic heterocycles. The summed E-state index contributed by atoms with van der Waals surface area (Å²) in [6.45, 7) is 2.00. The van der Waals surface area contributed by atoms with Gasteiger partial charge in [-0.15, -0.1) is 0 Å². The van der Waals surface area contributed by atoms with Crippen LogP contribution in [0.2, 0.25) is 10.2 Å². The largest absolute Gasteiger partial charge is 0.343 e. The maximum Gasteiger partial charge on any atom is 0.343 e. The molecule has 1 atom stereocenters. The minimum absolute atomic E-state index is 0.0346. The Balaban J connectivity index is 1.88. The second kappa shape index (κ2) is 6.67. The van der Waals surface area contributed by atoms with Gasteiger partial charge in [-0.25, -0.2) is 9.78 Å². The lowest BCUT2D eigenvalue weighted by molar-refractivity contribution is -0.597. The molecule has 1 heterocycles. The highest BCUT2D eigenvalue weighted by molar-refractivity contribution is 6.39. The van der Waals surface area contributed by atoms with E-state index in [0.717, 1.165) is 10.9 Å². The fourth-order valence-electron chi connectivity index (χ4n) is 2.51. The van der Waals surface area contributed by atoms with Crippen LogP contribution in [0.3, 0.4) is 0 Å². The monoisotopic (exact) mass is 345 g/mol. The van der Waals surface area contributed by atoms with Gasteiger partial charge in [0.25, 0.3) is 0 Å². The zero-order chi connectivity index (χ0) is 16.4. The Morgan fingerprint density at radius 3 is 2.57 bits per heavy atom. The molecule has 0 bridgehead atoms. The number of nitrogens with two attached hydrogens (primary N) is 1. The summed E-state index contributed by atoms with van der Waals surface area (Å²) in [5.74, 6) is -0.0423. The SMILES string of the molecule is C[C@@H]([NH2+]C(=O)c1ccc2c(Cl)cnc(Cl)c2c1)c1ccccc1. The van der Waals surface area contributed by atoms with Gasteiger partial charge in [0.2, 0.25) is 0 Å². The zero-order valence-corrected chi connectivity index (χ0v) is 14.0. The minimum Gasteiger partial charge on any atom is -0.273 e. The third-order valence-electron chi connectivity index (χ3n) is 3.80. The molecule has 0 saturated carbocycles. The van der Waals surface area contributed by atoms with Crippen molar-refractivity contribution in [2.45, 2.75) is 13.0 Å². The number of quaternary nitrogens is 1. The van der Waals surface area contributed by atoms with E-state index in [1.165, 1.54) is 6.20 Å². The Hall–Kier alpha value is -1.94. The van der Waals surface area contributed by atoms with Crippen LogP contribution < -0.4 is 5.32 Å². The fraction of sp³-hybridized carbons (Fsp3) is 0.111. The van der Waals surface area contributed by atoms with Crippen molar-refractivity contribution in [1.29, 1.82) is 0 Å². The van der Waals surface area contributed by atoms with Gasteiger partial charge in [-0.1, -0.05) is 59.6 Å². The van der Waals surface area contributed by atoms with Crippen LogP contribution in [0.25, 0.3) is 10.8 Å². The van der Waals surface area contributed by atoms with E-state index in [0.29, 0.717) is 21.1 Å². The smallest absolute Gasteiger partial charge is 0.273 e. The Labute approximate surface area is 144 Å². The van der Waals surface area contributed by atoms with E-state index in [9.17, 15) is 4.79 Å². The maximum atomic E-state index is 12.5. The second-order valence-corrected chi connectivity index (χ2v) is 6.15. The Morgan fingerprint density at radius 1 is 1.09 bits per heavy atom. The van der Waals surface area contributed by atoms with Crippen molar-refractivity contribution in [3.63, 3.8) is 0 Å². The van der Waals surface area contributed by atoms with Gasteiger partial charge < -0.3 is 0 Å². The summed E-state index contributed by atoms with van der Waals surface area (Å²) in [6, 6.07) is 15.3. The average Bonchev–Trinajstić information content (AvgIpc) is 2.58. The van der Waals surface area contributed by atoms with Crippen LogP contribution in [0.1, 0.15) is 28.9 Å². The summed E-state index contributed by atoms with van der Waals surface area (Å²) in [5, 5.41) is 4.05. The summed E-state index contributed by atoms with van der Waals surface area (Å²) in [4.78, 5) is 16.5. The maximum absolute atomic E-state index is 12.5. The number of hydrogen-bond acceptors (Lipinski definition) is 2. The first-order valence-corrected chi connectivity index (χ1v) is 8.00. The molecule has 116 valence electrons. The quantitative estimate of drug-likeness (QED) is 0.729. The molecular formula is C18H15Cl2N2O+. The molecule has 0 aliphatic carbocycles. The Morgan fingerprint density at radius 2 is 1.83 bits per heavy atom. The molecule has 0 unspecified atom stereocenters. The summed E-state index contributed by atoms with van der Waals surface area (Å²) in [5.41, 5.74) is 1.68. The molecule has 0 aliphatic rings. The van der Waals surface area contributed by atoms with Crippen molar-refractivity contribution >= 4 is 39.9 Å². The molecule has 0 spiro atoms. The van der Waals surface area contributed by atoms with Gasteiger partial charge in [-0.2, -0.15) is 0 Å². The Bertz CT molecular complexity index is 866. The number of aromatic nitrogens is 1. The summed E-state index contributed by atoms with van der Waals surface area (Å²) < 4.78 is 0. The number of amides is 1. The van der Waals surface area contributed by atoms with Crippen molar-refractivity contribution in [1.82, 2.24) is 4.98 Å². The molecule has 3 aromatic rings. The minimum atomic E-state index is -0.0423. The van der Waals surface area contributed by atoms with Crippen LogP contribution in [0.15, 0.2) is 54.7 Å². The first kappa shape index (κ1) is 15.9. The van der Waals surface area contributed by atoms with Crippen molar-refractivity contribution in [3.8, 4) is 0 Å². The third-order valence-corrected chi connectivity index (χ3v) is 4.40. The molecule has 2 N–H and O–H groups in total. The van der Waals surface area contributed by atoms with E-state index < -0.39 is 0 Å². The molecule has 3 rings (SSSR count). The van der Waals surface area contributed by atoms with Crippen LogP contribution in [-0.4, -0.2) is 10.9 Å². The predicted molar refractivity (Wildman–Crippen MR) is 92.9 cm³/mol. The molecule has 0 saturated heterocycles. The van der Waals surface area contributed by atoms with Crippen LogP contribution in [0.4, 0.5) is 0 Å². The first-order valence-electron chi connectivity index (χ1n) is 7.24. The van der Waals surface area contributed by atoms with Crippen LogP contribution >= 0.6 is 23.2 Å². The number of rotatable bonds is 3. The van der Waals surface area contributed by atoms with E-state index in [1.54, 1.807) is 23.5 Å². The lowest BCUT2D eigenvalue weighted by Crippen LogP contribution is -2.88. The number of carbonyl (C=O) groups is 1. The number of halogens is 2. The van der Waals surface area contributed by atoms with Crippen LogP contribution in [0, 0.1) is 0 Å². The van der Waals surface area contributed by atoms with E-state index in [-0.39, 0.29) is 11.9 Å². The van der Waals surface area contributed by atoms with Crippen LogP contribution in [-0.2, 0) is 0 Å². The van der Waals surface area contributed by atoms with Gasteiger partial charge >= 0.3 is 5.91 Å². The molecular weight excluding hydrogens is 331 g/mol. The van der Waals surface area contributed by atoms with E-state index >= 15 is 0 Å². The van der Waals surface area contributed by atoms with Crippen LogP contribution in [0.5, 0.6) is 0 Å². The van der Waals surface area contributed by atoms with Crippen molar-refractivity contribution in [2.75, 3.05) is 0 Å². The summed E-state index contributed by atoms with van der Waals surface area (Å²) in [7, 11) is 0. The van der Waals surface area contributed by atoms with E-state index in [4.69, 9.17) is 23.2 Å². The standard InChI is InChI=1S/C18H14Cl2N2O/c1-11(12-5-3-2-4-6-12)22-18(23)13-7-8-14-15(9-13)17(20)21-10-16(14)19/h2-11H,1H3,(H,22,23)/p+1/t11-/m1/s1. The number of pyridine rings is 1.